The Kier molecular flexibility index (Phi) is 8.05. The Hall–Kier alpha value is -8.12. The van der Waals surface area contributed by atoms with Crippen molar-refractivity contribution in [2.75, 3.05) is 0 Å². The fourth-order valence-electron chi connectivity index (χ4n) is 9.60. The number of pyridine rings is 2. The van der Waals surface area contributed by atoms with Crippen LogP contribution >= 0.6 is 11.3 Å². The molecule has 4 nitrogen and oxygen atoms in total. The Morgan fingerprint density at radius 3 is 1.57 bits per heavy atom. The molecule has 0 N–H and O–H groups in total. The van der Waals surface area contributed by atoms with Crippen LogP contribution < -0.4 is 0 Å². The SMILES string of the molecule is c1ccc(-c2cc(-n3c4ccccc4c4cc(-c5ccc(-c6ccc7c8ccccc8n(-c8ccc9sc%10cccnc%10c9c8)c7c6)cc5)ccc43)cc(-c3ccccc3)n2)cc1. The summed E-state index contributed by atoms with van der Waals surface area (Å²) in [6.45, 7) is 0. The first kappa shape index (κ1) is 35.6. The number of hydrogen-bond acceptors (Lipinski definition) is 3. The Morgan fingerprint density at radius 2 is 0.873 bits per heavy atom. The van der Waals surface area contributed by atoms with Gasteiger partial charge in [-0.05, 0) is 95.1 Å². The van der Waals surface area contributed by atoms with Gasteiger partial charge in [0.2, 0.25) is 0 Å². The molecule has 0 unspecified atom stereocenters. The summed E-state index contributed by atoms with van der Waals surface area (Å²) >= 11 is 1.80. The maximum atomic E-state index is 5.17. The number of hydrogen-bond donors (Lipinski definition) is 0. The Labute approximate surface area is 367 Å². The molecule has 0 saturated heterocycles. The van der Waals surface area contributed by atoms with Gasteiger partial charge in [-0.15, -0.1) is 11.3 Å². The Morgan fingerprint density at radius 1 is 0.317 bits per heavy atom. The van der Waals surface area contributed by atoms with Crippen molar-refractivity contribution in [1.29, 1.82) is 0 Å². The van der Waals surface area contributed by atoms with Gasteiger partial charge in [0, 0.05) is 54.6 Å². The molecule has 0 aliphatic carbocycles. The Bertz CT molecular complexity index is 3840. The molecular weight excluding hydrogens is 785 g/mol. The molecule has 63 heavy (non-hydrogen) atoms. The molecule has 0 bridgehead atoms. The van der Waals surface area contributed by atoms with Crippen molar-refractivity contribution in [2.24, 2.45) is 0 Å². The van der Waals surface area contributed by atoms with Crippen molar-refractivity contribution in [3.05, 3.63) is 219 Å². The van der Waals surface area contributed by atoms with Crippen LogP contribution in [0.5, 0.6) is 0 Å². The highest BCUT2D eigenvalue weighted by molar-refractivity contribution is 7.25. The van der Waals surface area contributed by atoms with E-state index in [4.69, 9.17) is 9.97 Å². The molecule has 0 saturated carbocycles. The van der Waals surface area contributed by atoms with E-state index in [1.165, 1.54) is 69.6 Å². The summed E-state index contributed by atoms with van der Waals surface area (Å²) in [4.78, 5) is 9.93. The van der Waals surface area contributed by atoms with Gasteiger partial charge in [-0.25, -0.2) is 4.98 Å². The van der Waals surface area contributed by atoms with Crippen molar-refractivity contribution in [3.8, 4) is 56.1 Å². The molecule has 13 rings (SSSR count). The molecule has 0 fully saturated rings. The van der Waals surface area contributed by atoms with Gasteiger partial charge < -0.3 is 9.13 Å². The standard InChI is InChI=1S/C58H36N4S/c1-3-12-39(13-4-1)50-35-44(36-51(60-50)40-14-5-2-6-15-40)62-53-19-10-8-17-46(53)48-32-41(26-29-54(48)62)37-21-23-38(24-22-37)42-25-28-47-45-16-7-9-18-52(45)61(55(47)33-42)43-27-30-56-49(34-43)58-57(63-56)20-11-31-59-58/h1-36H. The van der Waals surface area contributed by atoms with E-state index in [1.807, 2.05) is 12.3 Å². The maximum Gasteiger partial charge on any atom is 0.0889 e. The van der Waals surface area contributed by atoms with Crippen molar-refractivity contribution in [3.63, 3.8) is 0 Å². The summed E-state index contributed by atoms with van der Waals surface area (Å²) in [5.41, 5.74) is 16.8. The molecule has 0 atom stereocenters. The smallest absolute Gasteiger partial charge is 0.0889 e. The zero-order valence-electron chi connectivity index (χ0n) is 34.0. The maximum absolute atomic E-state index is 5.17. The first-order valence-corrected chi connectivity index (χ1v) is 22.1. The lowest BCUT2D eigenvalue weighted by molar-refractivity contribution is 1.16. The Balaban J connectivity index is 0.901. The van der Waals surface area contributed by atoms with E-state index in [2.05, 4.69) is 215 Å². The molecule has 0 spiro atoms. The third kappa shape index (κ3) is 5.82. The molecule has 13 aromatic rings. The molecule has 294 valence electrons. The topological polar surface area (TPSA) is 35.6 Å². The molecule has 5 aromatic heterocycles. The summed E-state index contributed by atoms with van der Waals surface area (Å²) < 4.78 is 7.27. The van der Waals surface area contributed by atoms with E-state index in [1.54, 1.807) is 11.3 Å². The number of fused-ring (bicyclic) bond motifs is 9. The molecule has 0 aliphatic heterocycles. The quantitative estimate of drug-likeness (QED) is 0.167. The number of rotatable bonds is 6. The van der Waals surface area contributed by atoms with E-state index >= 15 is 0 Å². The predicted molar refractivity (Wildman–Crippen MR) is 265 cm³/mol. The number of benzene rings is 8. The van der Waals surface area contributed by atoms with Gasteiger partial charge in [-0.3, -0.25) is 4.98 Å². The second-order valence-electron chi connectivity index (χ2n) is 16.2. The fourth-order valence-corrected chi connectivity index (χ4v) is 10.6. The highest BCUT2D eigenvalue weighted by Crippen LogP contribution is 2.40. The normalized spacial score (nSPS) is 11.8. The molecule has 0 amide bonds. The average Bonchev–Trinajstić information content (AvgIpc) is 4.01. The van der Waals surface area contributed by atoms with E-state index < -0.39 is 0 Å². The number of thiophene rings is 1. The lowest BCUT2D eigenvalue weighted by atomic mass is 9.98. The van der Waals surface area contributed by atoms with E-state index in [-0.39, 0.29) is 0 Å². The molecule has 5 heteroatoms. The number of aromatic nitrogens is 4. The van der Waals surface area contributed by atoms with Gasteiger partial charge in [0.15, 0.2) is 0 Å². The summed E-state index contributed by atoms with van der Waals surface area (Å²) in [7, 11) is 0. The molecule has 0 aliphatic rings. The highest BCUT2D eigenvalue weighted by Gasteiger charge is 2.18. The summed E-state index contributed by atoms with van der Waals surface area (Å²) in [5.74, 6) is 0. The fraction of sp³-hybridized carbons (Fsp3) is 0. The van der Waals surface area contributed by atoms with Crippen LogP contribution in [0.25, 0.3) is 120 Å². The van der Waals surface area contributed by atoms with Crippen LogP contribution in [0, 0.1) is 0 Å². The third-order valence-corrected chi connectivity index (χ3v) is 13.7. The average molecular weight is 821 g/mol. The van der Waals surface area contributed by atoms with Gasteiger partial charge in [0.05, 0.1) is 49.4 Å². The van der Waals surface area contributed by atoms with E-state index in [9.17, 15) is 0 Å². The second kappa shape index (κ2) is 14.2. The van der Waals surface area contributed by atoms with Gasteiger partial charge in [0.25, 0.3) is 0 Å². The molecule has 5 heterocycles. The minimum atomic E-state index is 0.946. The van der Waals surface area contributed by atoms with Crippen LogP contribution in [0.4, 0.5) is 0 Å². The summed E-state index contributed by atoms with van der Waals surface area (Å²) in [5, 5.41) is 6.12. The molecule has 8 aromatic carbocycles. The summed E-state index contributed by atoms with van der Waals surface area (Å²) in [6, 6.07) is 76.7. The van der Waals surface area contributed by atoms with E-state index in [0.717, 1.165) is 50.4 Å². The zero-order valence-corrected chi connectivity index (χ0v) is 34.8. The van der Waals surface area contributed by atoms with Gasteiger partial charge in [0.1, 0.15) is 0 Å². The van der Waals surface area contributed by atoms with Gasteiger partial charge in [-0.1, -0.05) is 140 Å². The van der Waals surface area contributed by atoms with Crippen LogP contribution in [-0.4, -0.2) is 19.1 Å². The lowest BCUT2D eigenvalue weighted by Crippen LogP contribution is -1.98. The number of nitrogens with zero attached hydrogens (tertiary/aromatic N) is 4. The lowest BCUT2D eigenvalue weighted by Gasteiger charge is -2.13. The first-order valence-electron chi connectivity index (χ1n) is 21.3. The largest absolute Gasteiger partial charge is 0.309 e. The minimum absolute atomic E-state index is 0.946. The second-order valence-corrected chi connectivity index (χ2v) is 17.3. The predicted octanol–water partition coefficient (Wildman–Crippen LogP) is 15.7. The summed E-state index contributed by atoms with van der Waals surface area (Å²) in [6.07, 6.45) is 1.89. The van der Waals surface area contributed by atoms with Crippen LogP contribution in [0.1, 0.15) is 0 Å². The van der Waals surface area contributed by atoms with Crippen LogP contribution in [-0.2, 0) is 0 Å². The van der Waals surface area contributed by atoms with Crippen LogP contribution in [0.2, 0.25) is 0 Å². The van der Waals surface area contributed by atoms with E-state index in [0.29, 0.717) is 0 Å². The van der Waals surface area contributed by atoms with Crippen molar-refractivity contribution < 1.29 is 0 Å². The number of para-hydroxylation sites is 2. The third-order valence-electron chi connectivity index (χ3n) is 12.6. The first-order chi connectivity index (χ1) is 31.2. The zero-order chi connectivity index (χ0) is 41.4. The van der Waals surface area contributed by atoms with Crippen molar-refractivity contribution >= 4 is 75.3 Å². The van der Waals surface area contributed by atoms with Crippen LogP contribution in [0.15, 0.2) is 219 Å². The van der Waals surface area contributed by atoms with Crippen molar-refractivity contribution in [2.45, 2.75) is 0 Å². The van der Waals surface area contributed by atoms with Gasteiger partial charge in [-0.2, -0.15) is 0 Å². The van der Waals surface area contributed by atoms with Crippen LogP contribution in [0.3, 0.4) is 0 Å². The molecular formula is C58H36N4S. The monoisotopic (exact) mass is 820 g/mol. The highest BCUT2D eigenvalue weighted by atomic mass is 32.1. The minimum Gasteiger partial charge on any atom is -0.309 e. The molecule has 0 radical (unpaired) electrons. The van der Waals surface area contributed by atoms with Gasteiger partial charge >= 0.3 is 0 Å². The van der Waals surface area contributed by atoms with Crippen molar-refractivity contribution in [1.82, 2.24) is 19.1 Å².